The van der Waals surface area contributed by atoms with E-state index in [-0.39, 0.29) is 18.0 Å². The Hall–Kier alpha value is -3.28. The summed E-state index contributed by atoms with van der Waals surface area (Å²) in [5, 5.41) is 0. The molecule has 2 nitrogen and oxygen atoms in total. The molecule has 0 fully saturated rings. The van der Waals surface area contributed by atoms with Crippen molar-refractivity contribution in [2.24, 2.45) is 0 Å². The van der Waals surface area contributed by atoms with Crippen LogP contribution in [0.2, 0.25) is 0 Å². The number of benzene rings is 3. The second-order valence-corrected chi connectivity index (χ2v) is 7.62. The first-order chi connectivity index (χ1) is 14.6. The van der Waals surface area contributed by atoms with Gasteiger partial charge in [-0.15, -0.1) is 13.2 Å². The van der Waals surface area contributed by atoms with Crippen molar-refractivity contribution in [2.45, 2.75) is 32.0 Å². The average molecular weight is 430 g/mol. The van der Waals surface area contributed by atoms with Crippen LogP contribution < -0.4 is 9.47 Å². The Labute approximate surface area is 178 Å². The van der Waals surface area contributed by atoms with Gasteiger partial charge in [-0.3, -0.25) is 0 Å². The highest BCUT2D eigenvalue weighted by Crippen LogP contribution is 2.31. The van der Waals surface area contributed by atoms with Gasteiger partial charge in [-0.2, -0.15) is 0 Å². The minimum atomic E-state index is -4.75. The minimum Gasteiger partial charge on any atom is -0.457 e. The summed E-state index contributed by atoms with van der Waals surface area (Å²) in [6.45, 7) is 3.59. The second-order valence-electron chi connectivity index (χ2n) is 7.62. The number of allylic oxidation sites excluding steroid dienone is 2. The molecule has 0 spiro atoms. The molecule has 0 atom stereocenters. The quantitative estimate of drug-likeness (QED) is 0.357. The maximum Gasteiger partial charge on any atom is 0.573 e. The Morgan fingerprint density at radius 3 is 2.10 bits per heavy atom. The van der Waals surface area contributed by atoms with E-state index in [2.05, 4.69) is 4.74 Å². The van der Waals surface area contributed by atoms with E-state index in [9.17, 15) is 17.6 Å². The highest BCUT2D eigenvalue weighted by Gasteiger charge is 2.31. The Bertz CT molecular complexity index is 1020. The molecule has 6 heteroatoms. The van der Waals surface area contributed by atoms with Crippen LogP contribution in [0.5, 0.6) is 17.2 Å². The van der Waals surface area contributed by atoms with Crippen molar-refractivity contribution in [3.63, 3.8) is 0 Å². The zero-order chi connectivity index (χ0) is 22.5. The van der Waals surface area contributed by atoms with E-state index in [0.29, 0.717) is 17.1 Å². The molecule has 0 saturated carbocycles. The van der Waals surface area contributed by atoms with Gasteiger partial charge in [-0.05, 0) is 53.6 Å². The number of halogens is 4. The zero-order valence-corrected chi connectivity index (χ0v) is 17.1. The minimum absolute atomic E-state index is 0.0741. The van der Waals surface area contributed by atoms with Crippen molar-refractivity contribution in [1.29, 1.82) is 0 Å². The van der Waals surface area contributed by atoms with Crippen LogP contribution in [0.4, 0.5) is 17.6 Å². The molecule has 0 N–H and O–H groups in total. The molecular weight excluding hydrogens is 408 g/mol. The highest BCUT2D eigenvalue weighted by molar-refractivity contribution is 5.37. The normalized spacial score (nSPS) is 12.5. The van der Waals surface area contributed by atoms with Crippen molar-refractivity contribution >= 4 is 0 Å². The molecule has 0 bridgehead atoms. The van der Waals surface area contributed by atoms with Gasteiger partial charge < -0.3 is 9.47 Å². The molecule has 0 aliphatic heterocycles. The standard InChI is InChI=1S/C25H22F4O2/c1-24(2,19-11-13-22(14-12-19)31-25(27,28)29)17-20(26)15-18-7-6-10-23(16-18)30-21-8-4-3-5-9-21/h3-14,16-17H,15H2,1-2H3. The van der Waals surface area contributed by atoms with Crippen molar-refractivity contribution < 1.29 is 27.0 Å². The first-order valence-electron chi connectivity index (χ1n) is 9.66. The number of alkyl halides is 3. The lowest BCUT2D eigenvalue weighted by Gasteiger charge is -2.22. The molecule has 0 heterocycles. The molecule has 0 aliphatic rings. The van der Waals surface area contributed by atoms with Gasteiger partial charge in [0.05, 0.1) is 0 Å². The summed E-state index contributed by atoms with van der Waals surface area (Å²) in [5.74, 6) is 0.634. The van der Waals surface area contributed by atoms with E-state index < -0.39 is 11.8 Å². The molecular formula is C25H22F4O2. The van der Waals surface area contributed by atoms with Gasteiger partial charge in [0.15, 0.2) is 0 Å². The molecule has 3 aromatic carbocycles. The third-order valence-corrected chi connectivity index (χ3v) is 4.60. The number of hydrogen-bond donors (Lipinski definition) is 0. The summed E-state index contributed by atoms with van der Waals surface area (Å²) in [5.41, 5.74) is 0.684. The molecule has 3 rings (SSSR count). The van der Waals surface area contributed by atoms with E-state index in [0.717, 1.165) is 5.56 Å². The Kier molecular flexibility index (Phi) is 6.68. The topological polar surface area (TPSA) is 18.5 Å². The maximum atomic E-state index is 14.8. The average Bonchev–Trinajstić information content (AvgIpc) is 2.68. The van der Waals surface area contributed by atoms with Crippen molar-refractivity contribution in [2.75, 3.05) is 0 Å². The highest BCUT2D eigenvalue weighted by atomic mass is 19.4. The van der Waals surface area contributed by atoms with E-state index in [1.54, 1.807) is 32.0 Å². The number of para-hydroxylation sites is 1. The maximum absolute atomic E-state index is 14.8. The number of rotatable bonds is 7. The molecule has 0 radical (unpaired) electrons. The smallest absolute Gasteiger partial charge is 0.457 e. The first-order valence-corrected chi connectivity index (χ1v) is 9.66. The number of ether oxygens (including phenoxy) is 2. The lowest BCUT2D eigenvalue weighted by atomic mass is 9.83. The van der Waals surface area contributed by atoms with Gasteiger partial charge >= 0.3 is 6.36 Å². The lowest BCUT2D eigenvalue weighted by Crippen LogP contribution is -2.18. The van der Waals surface area contributed by atoms with Crippen molar-refractivity contribution in [3.8, 4) is 17.2 Å². The summed E-state index contributed by atoms with van der Waals surface area (Å²) in [7, 11) is 0. The summed E-state index contributed by atoms with van der Waals surface area (Å²) >= 11 is 0. The van der Waals surface area contributed by atoms with Gasteiger partial charge in [0.2, 0.25) is 0 Å². The fraction of sp³-hybridized carbons (Fsp3) is 0.200. The van der Waals surface area contributed by atoms with Crippen LogP contribution in [-0.2, 0) is 11.8 Å². The number of hydrogen-bond acceptors (Lipinski definition) is 2. The van der Waals surface area contributed by atoms with Crippen molar-refractivity contribution in [1.82, 2.24) is 0 Å². The van der Waals surface area contributed by atoms with E-state index in [1.165, 1.54) is 30.3 Å². The molecule has 0 unspecified atom stereocenters. The zero-order valence-electron chi connectivity index (χ0n) is 17.1. The van der Waals surface area contributed by atoms with E-state index >= 15 is 0 Å². The van der Waals surface area contributed by atoms with E-state index in [4.69, 9.17) is 4.74 Å². The van der Waals surface area contributed by atoms with Gasteiger partial charge in [-0.1, -0.05) is 56.3 Å². The third-order valence-electron chi connectivity index (χ3n) is 4.60. The van der Waals surface area contributed by atoms with Crippen molar-refractivity contribution in [3.05, 3.63) is 102 Å². The fourth-order valence-electron chi connectivity index (χ4n) is 3.15. The van der Waals surface area contributed by atoms with Crippen LogP contribution in [0.25, 0.3) is 0 Å². The molecule has 31 heavy (non-hydrogen) atoms. The first kappa shape index (κ1) is 22.4. The fourth-order valence-corrected chi connectivity index (χ4v) is 3.15. The summed E-state index contributed by atoms with van der Waals surface area (Å²) < 4.78 is 61.4. The molecule has 162 valence electrons. The van der Waals surface area contributed by atoms with Crippen LogP contribution in [0.3, 0.4) is 0 Å². The summed E-state index contributed by atoms with van der Waals surface area (Å²) in [6, 6.07) is 21.9. The Morgan fingerprint density at radius 1 is 0.806 bits per heavy atom. The Morgan fingerprint density at radius 2 is 1.45 bits per heavy atom. The monoisotopic (exact) mass is 430 g/mol. The van der Waals surface area contributed by atoms with Crippen LogP contribution in [-0.4, -0.2) is 6.36 Å². The van der Waals surface area contributed by atoms with Gasteiger partial charge in [0.25, 0.3) is 0 Å². The van der Waals surface area contributed by atoms with Crippen LogP contribution in [0.15, 0.2) is 90.8 Å². The largest absolute Gasteiger partial charge is 0.573 e. The third kappa shape index (κ3) is 6.88. The molecule has 3 aromatic rings. The van der Waals surface area contributed by atoms with Gasteiger partial charge in [0, 0.05) is 11.8 Å². The van der Waals surface area contributed by atoms with Crippen LogP contribution in [0.1, 0.15) is 25.0 Å². The molecule has 0 aromatic heterocycles. The molecule has 0 amide bonds. The Balaban J connectivity index is 1.69. The predicted octanol–water partition coefficient (Wildman–Crippen LogP) is 7.75. The lowest BCUT2D eigenvalue weighted by molar-refractivity contribution is -0.274. The van der Waals surface area contributed by atoms with Gasteiger partial charge in [0.1, 0.15) is 23.1 Å². The second kappa shape index (κ2) is 9.25. The summed E-state index contributed by atoms with van der Waals surface area (Å²) in [6.07, 6.45) is -3.20. The SMILES string of the molecule is CC(C)(C=C(F)Cc1cccc(Oc2ccccc2)c1)c1ccc(OC(F)(F)F)cc1. The molecule has 0 saturated heterocycles. The molecule has 0 aliphatic carbocycles. The van der Waals surface area contributed by atoms with Crippen LogP contribution >= 0.6 is 0 Å². The summed E-state index contributed by atoms with van der Waals surface area (Å²) in [4.78, 5) is 0. The van der Waals surface area contributed by atoms with E-state index in [1.807, 2.05) is 36.4 Å². The van der Waals surface area contributed by atoms with Crippen LogP contribution in [0, 0.1) is 0 Å². The predicted molar refractivity (Wildman–Crippen MR) is 112 cm³/mol. The van der Waals surface area contributed by atoms with Gasteiger partial charge in [-0.25, -0.2) is 4.39 Å².